The van der Waals surface area contributed by atoms with Crippen molar-refractivity contribution in [3.8, 4) is 10.6 Å². The number of aromatic nitrogens is 4. The number of carbonyl (C=O) groups is 1. The molecule has 3 aromatic heterocycles. The molecule has 2 N–H and O–H groups in total. The van der Waals surface area contributed by atoms with Gasteiger partial charge in [0.1, 0.15) is 5.69 Å². The van der Waals surface area contributed by atoms with Gasteiger partial charge in [0.2, 0.25) is 0 Å². The van der Waals surface area contributed by atoms with E-state index in [9.17, 15) is 4.79 Å². The number of aromatic amines is 1. The van der Waals surface area contributed by atoms with Crippen molar-refractivity contribution in [1.82, 2.24) is 20.2 Å². The molecule has 3 rings (SSSR count). The molecule has 0 aliphatic rings. The molecule has 0 radical (unpaired) electrons. The maximum atomic E-state index is 12.0. The van der Waals surface area contributed by atoms with E-state index in [1.54, 1.807) is 17.5 Å². The lowest BCUT2D eigenvalue weighted by Crippen LogP contribution is -2.13. The second kappa shape index (κ2) is 5.22. The van der Waals surface area contributed by atoms with Crippen LogP contribution in [-0.2, 0) is 0 Å². The van der Waals surface area contributed by atoms with Crippen molar-refractivity contribution in [2.45, 2.75) is 6.92 Å². The first-order valence-corrected chi connectivity index (χ1v) is 6.73. The van der Waals surface area contributed by atoms with Crippen molar-refractivity contribution < 1.29 is 4.79 Å². The average molecular weight is 285 g/mol. The zero-order valence-corrected chi connectivity index (χ0v) is 11.4. The molecule has 3 aromatic rings. The summed E-state index contributed by atoms with van der Waals surface area (Å²) in [6, 6.07) is 3.81. The minimum Gasteiger partial charge on any atom is -0.320 e. The Morgan fingerprint density at radius 3 is 2.95 bits per heavy atom. The number of carbonyl (C=O) groups excluding carboxylic acids is 1. The van der Waals surface area contributed by atoms with E-state index >= 15 is 0 Å². The van der Waals surface area contributed by atoms with Gasteiger partial charge in [-0.2, -0.15) is 5.10 Å². The molecular formula is C13H11N5OS. The van der Waals surface area contributed by atoms with E-state index in [2.05, 4.69) is 25.5 Å². The lowest BCUT2D eigenvalue weighted by Gasteiger charge is -2.02. The van der Waals surface area contributed by atoms with Crippen LogP contribution in [0.25, 0.3) is 10.6 Å². The topological polar surface area (TPSA) is 83.6 Å². The number of aryl methyl sites for hydroxylation is 1. The van der Waals surface area contributed by atoms with E-state index in [0.717, 1.165) is 21.1 Å². The highest BCUT2D eigenvalue weighted by Crippen LogP contribution is 2.33. The highest BCUT2D eigenvalue weighted by atomic mass is 32.1. The standard InChI is InChI=1S/C13H11N5OS/c1-8-10(6-12(20-8)9-2-3-16-18-9)17-13(19)11-7-14-4-5-15-11/h2-7H,1H3,(H,16,18)(H,17,19). The summed E-state index contributed by atoms with van der Waals surface area (Å²) < 4.78 is 0. The highest BCUT2D eigenvalue weighted by molar-refractivity contribution is 7.16. The minimum atomic E-state index is -0.268. The number of amides is 1. The summed E-state index contributed by atoms with van der Waals surface area (Å²) in [5, 5.41) is 9.67. The molecule has 6 nitrogen and oxygen atoms in total. The molecule has 20 heavy (non-hydrogen) atoms. The average Bonchev–Trinajstić information content (AvgIpc) is 3.10. The van der Waals surface area contributed by atoms with Gasteiger partial charge < -0.3 is 5.32 Å². The van der Waals surface area contributed by atoms with E-state index in [0.29, 0.717) is 5.69 Å². The fraction of sp³-hybridized carbons (Fsp3) is 0.0769. The zero-order chi connectivity index (χ0) is 13.9. The molecule has 0 aromatic carbocycles. The Bertz CT molecular complexity index is 721. The van der Waals surface area contributed by atoms with Crippen molar-refractivity contribution in [2.24, 2.45) is 0 Å². The summed E-state index contributed by atoms with van der Waals surface area (Å²) in [5.41, 5.74) is 1.99. The maximum absolute atomic E-state index is 12.0. The molecule has 0 fully saturated rings. The van der Waals surface area contributed by atoms with E-state index in [-0.39, 0.29) is 5.91 Å². The van der Waals surface area contributed by atoms with Gasteiger partial charge in [0.05, 0.1) is 22.5 Å². The van der Waals surface area contributed by atoms with Crippen LogP contribution in [0.4, 0.5) is 5.69 Å². The second-order valence-electron chi connectivity index (χ2n) is 4.10. The van der Waals surface area contributed by atoms with E-state index in [1.165, 1.54) is 18.6 Å². The third kappa shape index (κ3) is 2.43. The molecule has 0 saturated carbocycles. The summed E-state index contributed by atoms with van der Waals surface area (Å²) in [5.74, 6) is -0.268. The molecule has 0 atom stereocenters. The van der Waals surface area contributed by atoms with Crippen LogP contribution in [0.15, 0.2) is 36.9 Å². The van der Waals surface area contributed by atoms with E-state index in [4.69, 9.17) is 0 Å². The number of hydrogen-bond donors (Lipinski definition) is 2. The summed E-state index contributed by atoms with van der Waals surface area (Å²) >= 11 is 1.59. The van der Waals surface area contributed by atoms with Gasteiger partial charge in [-0.15, -0.1) is 11.3 Å². The second-order valence-corrected chi connectivity index (χ2v) is 5.35. The lowest BCUT2D eigenvalue weighted by atomic mass is 10.3. The molecule has 1 amide bonds. The van der Waals surface area contributed by atoms with Crippen LogP contribution in [0.1, 0.15) is 15.4 Å². The van der Waals surface area contributed by atoms with Gasteiger partial charge in [-0.05, 0) is 19.1 Å². The van der Waals surface area contributed by atoms with Crippen molar-refractivity contribution >= 4 is 22.9 Å². The number of anilines is 1. The Labute approximate surface area is 118 Å². The molecule has 3 heterocycles. The van der Waals surface area contributed by atoms with Crippen LogP contribution in [0.5, 0.6) is 0 Å². The van der Waals surface area contributed by atoms with Crippen LogP contribution >= 0.6 is 11.3 Å². The van der Waals surface area contributed by atoms with Gasteiger partial charge in [0, 0.05) is 23.5 Å². The highest BCUT2D eigenvalue weighted by Gasteiger charge is 2.13. The van der Waals surface area contributed by atoms with Crippen LogP contribution in [0, 0.1) is 6.92 Å². The molecule has 0 unspecified atom stereocenters. The SMILES string of the molecule is Cc1sc(-c2ccn[nH]2)cc1NC(=O)c1cnccn1. The van der Waals surface area contributed by atoms with E-state index in [1.807, 2.05) is 19.1 Å². The molecular weight excluding hydrogens is 274 g/mol. The van der Waals surface area contributed by atoms with Crippen LogP contribution in [-0.4, -0.2) is 26.1 Å². The fourth-order valence-corrected chi connectivity index (χ4v) is 2.68. The Kier molecular flexibility index (Phi) is 3.26. The number of rotatable bonds is 3. The molecule has 0 aliphatic carbocycles. The van der Waals surface area contributed by atoms with Gasteiger partial charge in [-0.1, -0.05) is 0 Å². The van der Waals surface area contributed by atoms with Crippen molar-refractivity contribution in [2.75, 3.05) is 5.32 Å². The first kappa shape index (κ1) is 12.5. The normalized spacial score (nSPS) is 10.4. The van der Waals surface area contributed by atoms with Gasteiger partial charge in [0.25, 0.3) is 5.91 Å². The van der Waals surface area contributed by atoms with Gasteiger partial charge in [-0.25, -0.2) is 4.98 Å². The lowest BCUT2D eigenvalue weighted by molar-refractivity contribution is 0.102. The smallest absolute Gasteiger partial charge is 0.275 e. The maximum Gasteiger partial charge on any atom is 0.275 e. The Hall–Kier alpha value is -2.54. The summed E-state index contributed by atoms with van der Waals surface area (Å²) in [7, 11) is 0. The van der Waals surface area contributed by atoms with Crippen LogP contribution in [0.3, 0.4) is 0 Å². The zero-order valence-electron chi connectivity index (χ0n) is 10.6. The summed E-state index contributed by atoms with van der Waals surface area (Å²) in [6.07, 6.45) is 6.16. The predicted molar refractivity (Wildman–Crippen MR) is 76.6 cm³/mol. The van der Waals surface area contributed by atoms with Crippen molar-refractivity contribution in [3.63, 3.8) is 0 Å². The Morgan fingerprint density at radius 1 is 1.35 bits per heavy atom. The van der Waals surface area contributed by atoms with Gasteiger partial charge in [0.15, 0.2) is 0 Å². The molecule has 0 bridgehead atoms. The van der Waals surface area contributed by atoms with Gasteiger partial charge in [-0.3, -0.25) is 14.9 Å². The third-order valence-electron chi connectivity index (χ3n) is 2.73. The molecule has 0 spiro atoms. The number of H-pyrrole nitrogens is 1. The molecule has 7 heteroatoms. The largest absolute Gasteiger partial charge is 0.320 e. The fourth-order valence-electron chi connectivity index (χ4n) is 1.73. The van der Waals surface area contributed by atoms with Crippen molar-refractivity contribution in [1.29, 1.82) is 0 Å². The monoisotopic (exact) mass is 285 g/mol. The predicted octanol–water partition coefficient (Wildman–Crippen LogP) is 2.49. The minimum absolute atomic E-state index is 0.268. The van der Waals surface area contributed by atoms with E-state index < -0.39 is 0 Å². The van der Waals surface area contributed by atoms with Gasteiger partial charge >= 0.3 is 0 Å². The van der Waals surface area contributed by atoms with Crippen LogP contribution in [0.2, 0.25) is 0 Å². The third-order valence-corrected chi connectivity index (χ3v) is 3.81. The molecule has 0 saturated heterocycles. The first-order chi connectivity index (χ1) is 9.74. The number of thiophene rings is 1. The summed E-state index contributed by atoms with van der Waals surface area (Å²) in [4.78, 5) is 21.9. The molecule has 0 aliphatic heterocycles. The summed E-state index contributed by atoms with van der Waals surface area (Å²) in [6.45, 7) is 1.96. The number of nitrogens with zero attached hydrogens (tertiary/aromatic N) is 3. The Balaban J connectivity index is 1.83. The quantitative estimate of drug-likeness (QED) is 0.774. The first-order valence-electron chi connectivity index (χ1n) is 5.91. The number of hydrogen-bond acceptors (Lipinski definition) is 5. The molecule has 100 valence electrons. The van der Waals surface area contributed by atoms with Crippen molar-refractivity contribution in [3.05, 3.63) is 47.5 Å². The Morgan fingerprint density at radius 2 is 2.25 bits per heavy atom. The van der Waals surface area contributed by atoms with Crippen LogP contribution < -0.4 is 5.32 Å². The number of nitrogens with one attached hydrogen (secondary N) is 2.